The number of anilines is 1. The van der Waals surface area contributed by atoms with Gasteiger partial charge in [-0.3, -0.25) is 13.9 Å². The first kappa shape index (κ1) is 29.0. The van der Waals surface area contributed by atoms with Crippen LogP contribution in [0.1, 0.15) is 33.3 Å². The van der Waals surface area contributed by atoms with Gasteiger partial charge in [0.25, 0.3) is 0 Å². The molecule has 198 valence electrons. The molecule has 0 saturated heterocycles. The fraction of sp³-hybridized carbons (Fsp3) is 0.462. The lowest BCUT2D eigenvalue weighted by molar-refractivity contribution is -0.139. The smallest absolute Gasteiger partial charge is 0.244 e. The fourth-order valence-electron chi connectivity index (χ4n) is 3.64. The summed E-state index contributed by atoms with van der Waals surface area (Å²) < 4.78 is 37.0. The van der Waals surface area contributed by atoms with Gasteiger partial charge in [0.15, 0.2) is 11.5 Å². The monoisotopic (exact) mass is 519 g/mol. The van der Waals surface area contributed by atoms with Crippen molar-refractivity contribution in [2.45, 2.75) is 45.7 Å². The van der Waals surface area contributed by atoms with Gasteiger partial charge in [0.2, 0.25) is 21.8 Å². The quantitative estimate of drug-likeness (QED) is 0.490. The van der Waals surface area contributed by atoms with Gasteiger partial charge in [0.05, 0.1) is 26.2 Å². The molecule has 0 spiro atoms. The van der Waals surface area contributed by atoms with Crippen molar-refractivity contribution in [2.75, 3.05) is 37.9 Å². The molecule has 10 heteroatoms. The van der Waals surface area contributed by atoms with Crippen molar-refractivity contribution in [3.63, 3.8) is 0 Å². The number of rotatable bonds is 11. The highest BCUT2D eigenvalue weighted by molar-refractivity contribution is 7.92. The molecular weight excluding hydrogens is 482 g/mol. The highest BCUT2D eigenvalue weighted by Gasteiger charge is 2.31. The van der Waals surface area contributed by atoms with Crippen LogP contribution < -0.4 is 19.1 Å². The van der Waals surface area contributed by atoms with Crippen molar-refractivity contribution < 1.29 is 27.5 Å². The van der Waals surface area contributed by atoms with Crippen LogP contribution in [0.4, 0.5) is 5.69 Å². The molecule has 36 heavy (non-hydrogen) atoms. The lowest BCUT2D eigenvalue weighted by Crippen LogP contribution is -2.55. The molecule has 0 radical (unpaired) electrons. The van der Waals surface area contributed by atoms with Crippen LogP contribution in [0.2, 0.25) is 0 Å². The first-order valence-corrected chi connectivity index (χ1v) is 13.5. The summed E-state index contributed by atoms with van der Waals surface area (Å²) in [5, 5.41) is 2.90. The molecule has 0 bridgehead atoms. The molecule has 0 heterocycles. The second-order valence-corrected chi connectivity index (χ2v) is 11.5. The van der Waals surface area contributed by atoms with E-state index in [0.29, 0.717) is 17.9 Å². The Morgan fingerprint density at radius 2 is 1.61 bits per heavy atom. The Labute approximate surface area is 214 Å². The molecule has 2 aromatic rings. The summed E-state index contributed by atoms with van der Waals surface area (Å²) in [6, 6.07) is 13.4. The minimum Gasteiger partial charge on any atom is -0.493 e. The highest BCUT2D eigenvalue weighted by Crippen LogP contribution is 2.32. The van der Waals surface area contributed by atoms with E-state index in [-0.39, 0.29) is 18.1 Å². The molecule has 2 rings (SSSR count). The van der Waals surface area contributed by atoms with Crippen LogP contribution in [0.15, 0.2) is 48.5 Å². The van der Waals surface area contributed by atoms with Crippen molar-refractivity contribution in [1.29, 1.82) is 0 Å². The second kappa shape index (κ2) is 12.1. The molecule has 2 aromatic carbocycles. The second-order valence-electron chi connectivity index (χ2n) is 9.55. The third-order valence-electron chi connectivity index (χ3n) is 5.48. The number of hydrogen-bond acceptors (Lipinski definition) is 6. The predicted octanol–water partition coefficient (Wildman–Crippen LogP) is 2.84. The number of hydrogen-bond donors (Lipinski definition) is 1. The molecule has 0 aliphatic heterocycles. The molecule has 1 atom stereocenters. The Kier molecular flexibility index (Phi) is 9.75. The Morgan fingerprint density at radius 3 is 2.14 bits per heavy atom. The van der Waals surface area contributed by atoms with Crippen molar-refractivity contribution in [3.8, 4) is 11.5 Å². The van der Waals surface area contributed by atoms with Crippen LogP contribution in [0.25, 0.3) is 0 Å². The summed E-state index contributed by atoms with van der Waals surface area (Å²) in [5.74, 6) is -0.0587. The summed E-state index contributed by atoms with van der Waals surface area (Å²) in [6.45, 7) is 6.98. The minimum atomic E-state index is -3.84. The summed E-state index contributed by atoms with van der Waals surface area (Å²) >= 11 is 0. The van der Waals surface area contributed by atoms with Crippen LogP contribution in [-0.2, 0) is 26.0 Å². The Bertz CT molecular complexity index is 1150. The van der Waals surface area contributed by atoms with E-state index < -0.39 is 34.1 Å². The predicted molar refractivity (Wildman–Crippen MR) is 141 cm³/mol. The van der Waals surface area contributed by atoms with Gasteiger partial charge >= 0.3 is 0 Å². The summed E-state index contributed by atoms with van der Waals surface area (Å²) in [4.78, 5) is 27.9. The van der Waals surface area contributed by atoms with Crippen molar-refractivity contribution >= 4 is 27.5 Å². The van der Waals surface area contributed by atoms with E-state index in [9.17, 15) is 18.0 Å². The zero-order valence-corrected chi connectivity index (χ0v) is 22.9. The summed E-state index contributed by atoms with van der Waals surface area (Å²) in [6.07, 6.45) is 1.54. The zero-order chi connectivity index (χ0) is 27.1. The number of amides is 2. The van der Waals surface area contributed by atoms with Crippen LogP contribution in [-0.4, -0.2) is 70.3 Å². The topological polar surface area (TPSA) is 105 Å². The van der Waals surface area contributed by atoms with E-state index in [0.717, 1.165) is 16.1 Å². The minimum absolute atomic E-state index is 0.241. The van der Waals surface area contributed by atoms with Gasteiger partial charge < -0.3 is 19.7 Å². The third kappa shape index (κ3) is 8.15. The van der Waals surface area contributed by atoms with Gasteiger partial charge in [0.1, 0.15) is 12.6 Å². The number of carbonyl (C=O) groups is 2. The third-order valence-corrected chi connectivity index (χ3v) is 6.62. The average Bonchev–Trinajstić information content (AvgIpc) is 2.80. The Hall–Kier alpha value is -3.27. The molecule has 0 fully saturated rings. The Morgan fingerprint density at radius 1 is 1.00 bits per heavy atom. The van der Waals surface area contributed by atoms with Gasteiger partial charge in [-0.1, -0.05) is 30.3 Å². The number of benzene rings is 2. The van der Waals surface area contributed by atoms with E-state index in [1.807, 2.05) is 51.1 Å². The molecule has 2 amide bonds. The summed E-state index contributed by atoms with van der Waals surface area (Å²) in [5.41, 5.74) is 0.759. The Balaban J connectivity index is 2.38. The van der Waals surface area contributed by atoms with Crippen LogP contribution in [0.5, 0.6) is 11.5 Å². The van der Waals surface area contributed by atoms with E-state index in [1.165, 1.54) is 25.2 Å². The van der Waals surface area contributed by atoms with E-state index in [2.05, 4.69) is 5.32 Å². The molecule has 0 aliphatic rings. The zero-order valence-electron chi connectivity index (χ0n) is 22.1. The maximum absolute atomic E-state index is 13.6. The van der Waals surface area contributed by atoms with Gasteiger partial charge in [-0.2, -0.15) is 0 Å². The molecule has 1 N–H and O–H groups in total. The molecule has 0 saturated carbocycles. The van der Waals surface area contributed by atoms with Crippen molar-refractivity contribution in [1.82, 2.24) is 10.2 Å². The fourth-order valence-corrected chi connectivity index (χ4v) is 4.48. The van der Waals surface area contributed by atoms with Gasteiger partial charge in [-0.05, 0) is 51.8 Å². The number of methoxy groups -OCH3 is 2. The number of carbonyl (C=O) groups excluding carboxylic acids is 2. The molecule has 0 unspecified atom stereocenters. The van der Waals surface area contributed by atoms with Gasteiger partial charge in [-0.15, -0.1) is 0 Å². The largest absolute Gasteiger partial charge is 0.493 e. The first-order valence-electron chi connectivity index (χ1n) is 11.6. The average molecular weight is 520 g/mol. The molecular formula is C26H37N3O6S. The number of nitrogens with zero attached hydrogens (tertiary/aromatic N) is 2. The van der Waals surface area contributed by atoms with Crippen molar-refractivity contribution in [3.05, 3.63) is 54.1 Å². The van der Waals surface area contributed by atoms with Crippen LogP contribution in [0.3, 0.4) is 0 Å². The van der Waals surface area contributed by atoms with Crippen LogP contribution in [0, 0.1) is 0 Å². The number of nitrogens with one attached hydrogen (secondary N) is 1. The molecule has 9 nitrogen and oxygen atoms in total. The normalized spacial score (nSPS) is 12.4. The van der Waals surface area contributed by atoms with E-state index in [4.69, 9.17) is 9.47 Å². The maximum atomic E-state index is 13.6. The van der Waals surface area contributed by atoms with E-state index in [1.54, 1.807) is 19.1 Å². The summed E-state index contributed by atoms with van der Waals surface area (Å²) in [7, 11) is -0.925. The SMILES string of the molecule is COc1ccc(N(CC(=O)N(CCc2ccccc2)[C@@H](C)C(=O)NC(C)(C)C)S(C)(=O)=O)cc1OC. The first-order chi connectivity index (χ1) is 16.8. The van der Waals surface area contributed by atoms with E-state index >= 15 is 0 Å². The van der Waals surface area contributed by atoms with Gasteiger partial charge in [0, 0.05) is 18.2 Å². The molecule has 0 aliphatic carbocycles. The maximum Gasteiger partial charge on any atom is 0.244 e. The lowest BCUT2D eigenvalue weighted by Gasteiger charge is -2.33. The standard InChI is InChI=1S/C26H37N3O6S/c1-19(25(31)27-26(2,3)4)28(16-15-20-11-9-8-10-12-20)24(30)18-29(36(7,32)33)21-13-14-22(34-5)23(17-21)35-6/h8-14,17,19H,15-16,18H2,1-7H3,(H,27,31)/t19-/m0/s1. The van der Waals surface area contributed by atoms with Gasteiger partial charge in [-0.25, -0.2) is 8.42 Å². The van der Waals surface area contributed by atoms with Crippen molar-refractivity contribution in [2.24, 2.45) is 0 Å². The number of ether oxygens (including phenoxy) is 2. The lowest BCUT2D eigenvalue weighted by atomic mass is 10.1. The highest BCUT2D eigenvalue weighted by atomic mass is 32.2. The number of sulfonamides is 1. The van der Waals surface area contributed by atoms with Crippen LogP contribution >= 0.6 is 0 Å². The molecule has 0 aromatic heterocycles.